The number of carbonyl (C=O) groups excluding carboxylic acids is 2. The van der Waals surface area contributed by atoms with Crippen LogP contribution in [0.1, 0.15) is 141 Å². The zero-order chi connectivity index (χ0) is 38.0. The van der Waals surface area contributed by atoms with E-state index in [-0.39, 0.29) is 13.2 Å². The van der Waals surface area contributed by atoms with Crippen LogP contribution in [0.5, 0.6) is 5.75 Å². The molecule has 0 radical (unpaired) electrons. The van der Waals surface area contributed by atoms with Crippen molar-refractivity contribution in [1.82, 2.24) is 9.97 Å². The van der Waals surface area contributed by atoms with E-state index in [2.05, 4.69) is 31.0 Å². The molecule has 0 bridgehead atoms. The molecule has 53 heavy (non-hydrogen) atoms. The predicted octanol–water partition coefficient (Wildman–Crippen LogP) is 11.3. The molecule has 2 unspecified atom stereocenters. The molecule has 4 rings (SSSR count). The minimum atomic E-state index is -0.802. The van der Waals surface area contributed by atoms with Gasteiger partial charge in [0.2, 0.25) is 0 Å². The first kappa shape index (κ1) is 42.2. The van der Waals surface area contributed by atoms with Crippen molar-refractivity contribution in [3.05, 3.63) is 64.4 Å². The summed E-state index contributed by atoms with van der Waals surface area (Å²) in [4.78, 5) is 41.1. The predicted molar refractivity (Wildman–Crippen MR) is 218 cm³/mol. The lowest BCUT2D eigenvalue weighted by molar-refractivity contribution is -0.146. The Bertz CT molecular complexity index is 1680. The lowest BCUT2D eigenvalue weighted by atomic mass is 9.73. The molecule has 0 amide bonds. The van der Waals surface area contributed by atoms with E-state index in [4.69, 9.17) is 24.2 Å². The number of aromatic amines is 1. The number of unbranched alkanes of at least 4 members (excludes halogenated alkanes) is 12. The number of hydrogen-bond acceptors (Lipinski definition) is 8. The molecule has 3 aromatic rings. The third-order valence-corrected chi connectivity index (χ3v) is 10.9. The van der Waals surface area contributed by atoms with Crippen LogP contribution < -0.4 is 4.74 Å². The molecule has 0 aliphatic carbocycles. The maximum Gasteiger partial charge on any atom is 0.336 e. The average Bonchev–Trinajstić information content (AvgIpc) is 3.54. The van der Waals surface area contributed by atoms with Crippen LogP contribution in [-0.2, 0) is 25.5 Å². The summed E-state index contributed by atoms with van der Waals surface area (Å²) in [5.74, 6) is -1.32. The second kappa shape index (κ2) is 22.6. The van der Waals surface area contributed by atoms with E-state index in [0.29, 0.717) is 35.1 Å². The number of ether oxygens (including phenoxy) is 3. The monoisotopic (exact) mass is 745 g/mol. The van der Waals surface area contributed by atoms with Crippen LogP contribution in [0.3, 0.4) is 0 Å². The number of hydrogen-bond donors (Lipinski definition) is 1. The molecule has 0 saturated heterocycles. The Balaban J connectivity index is 1.59. The minimum absolute atomic E-state index is 0.199. The van der Waals surface area contributed by atoms with Gasteiger partial charge in [-0.2, -0.15) is 0 Å². The minimum Gasteiger partial charge on any atom is -0.494 e. The van der Waals surface area contributed by atoms with Crippen molar-refractivity contribution in [1.29, 1.82) is 0 Å². The summed E-state index contributed by atoms with van der Waals surface area (Å²) in [6.07, 6.45) is 17.6. The van der Waals surface area contributed by atoms with Gasteiger partial charge in [-0.15, -0.1) is 0 Å². The highest BCUT2D eigenvalue weighted by molar-refractivity contribution is 7.99. The number of aryl methyl sites for hydroxylation is 2. The molecule has 2 heterocycles. The number of esters is 2. The standard InChI is InChI=1S/C44H63N3O5S/c1-7-11-12-13-14-15-16-17-18-19-20-21-22-24-33-25-23-26-37(50-8-2)39(33)41-38(42(48)51-9-3)32(6)45-36(40(41)43(49)52-10-4)30-53-44-46-34-28-27-31(5)29-35(34)47-44/h23,25-29,38,41H,7-22,24,30H2,1-6H3,(H,46,47). The van der Waals surface area contributed by atoms with Gasteiger partial charge in [-0.1, -0.05) is 114 Å². The van der Waals surface area contributed by atoms with Gasteiger partial charge in [0.1, 0.15) is 11.7 Å². The summed E-state index contributed by atoms with van der Waals surface area (Å²) in [5, 5.41) is 0.732. The van der Waals surface area contributed by atoms with Crippen molar-refractivity contribution >= 4 is 40.4 Å². The maximum atomic E-state index is 14.1. The number of aliphatic imine (C=N–C) groups is 1. The third-order valence-electron chi connectivity index (χ3n) is 10.0. The fourth-order valence-corrected chi connectivity index (χ4v) is 8.26. The highest BCUT2D eigenvalue weighted by atomic mass is 32.2. The molecule has 0 spiro atoms. The van der Waals surface area contributed by atoms with E-state index in [1.165, 1.54) is 82.4 Å². The van der Waals surface area contributed by atoms with Gasteiger partial charge in [0.05, 0.1) is 42.1 Å². The fraction of sp³-hybridized carbons (Fsp3) is 0.591. The molecule has 8 nitrogen and oxygen atoms in total. The van der Waals surface area contributed by atoms with Crippen molar-refractivity contribution in [2.45, 2.75) is 143 Å². The largest absolute Gasteiger partial charge is 0.494 e. The number of aromatic nitrogens is 2. The number of nitrogens with one attached hydrogen (secondary N) is 1. The van der Waals surface area contributed by atoms with E-state index in [1.54, 1.807) is 13.8 Å². The molecule has 2 atom stereocenters. The number of H-pyrrole nitrogens is 1. The summed E-state index contributed by atoms with van der Waals surface area (Å²) in [5.41, 5.74) is 6.48. The van der Waals surface area contributed by atoms with Crippen molar-refractivity contribution in [2.75, 3.05) is 25.6 Å². The lowest BCUT2D eigenvalue weighted by Crippen LogP contribution is -2.37. The normalized spacial score (nSPS) is 15.8. The van der Waals surface area contributed by atoms with Crippen LogP contribution in [0.15, 0.2) is 57.8 Å². The highest BCUT2D eigenvalue weighted by Gasteiger charge is 2.45. The number of rotatable bonds is 24. The average molecular weight is 746 g/mol. The maximum absolute atomic E-state index is 14.1. The van der Waals surface area contributed by atoms with Gasteiger partial charge in [0, 0.05) is 22.9 Å². The Morgan fingerprint density at radius 2 is 1.45 bits per heavy atom. The second-order valence-electron chi connectivity index (χ2n) is 14.1. The van der Waals surface area contributed by atoms with Gasteiger partial charge in [-0.05, 0) is 76.8 Å². The number of thioether (sulfide) groups is 1. The van der Waals surface area contributed by atoms with Crippen LogP contribution in [0.25, 0.3) is 11.0 Å². The Morgan fingerprint density at radius 1 is 0.792 bits per heavy atom. The molecular formula is C44H63N3O5S. The summed E-state index contributed by atoms with van der Waals surface area (Å²) in [6.45, 7) is 12.6. The van der Waals surface area contributed by atoms with Gasteiger partial charge in [0.25, 0.3) is 0 Å². The van der Waals surface area contributed by atoms with Crippen LogP contribution in [0, 0.1) is 12.8 Å². The summed E-state index contributed by atoms with van der Waals surface area (Å²) in [7, 11) is 0. The van der Waals surface area contributed by atoms with Crippen LogP contribution >= 0.6 is 11.8 Å². The molecule has 0 fully saturated rings. The Labute approximate surface area is 322 Å². The SMILES string of the molecule is CCCCCCCCCCCCCCCc1cccc(OCC)c1C1C(C(=O)OCC)=C(CSc2nc3ccc(C)cc3[nH]2)N=C(C)C1C(=O)OCC. The first-order valence-corrected chi connectivity index (χ1v) is 21.3. The first-order chi connectivity index (χ1) is 25.8. The third kappa shape index (κ3) is 12.2. The first-order valence-electron chi connectivity index (χ1n) is 20.3. The van der Waals surface area contributed by atoms with Crippen molar-refractivity contribution < 1.29 is 23.8 Å². The van der Waals surface area contributed by atoms with Gasteiger partial charge in [-0.3, -0.25) is 9.79 Å². The molecular weight excluding hydrogens is 683 g/mol. The van der Waals surface area contributed by atoms with Crippen molar-refractivity contribution in [3.8, 4) is 5.75 Å². The van der Waals surface area contributed by atoms with Crippen LogP contribution in [0.2, 0.25) is 0 Å². The number of carbonyl (C=O) groups is 2. The van der Waals surface area contributed by atoms with E-state index >= 15 is 0 Å². The quantitative estimate of drug-likeness (QED) is 0.0553. The number of fused-ring (bicyclic) bond motifs is 1. The molecule has 1 aromatic heterocycles. The number of imidazole rings is 1. The van der Waals surface area contributed by atoms with Gasteiger partial charge in [-0.25, -0.2) is 9.78 Å². The van der Waals surface area contributed by atoms with Crippen molar-refractivity contribution in [2.24, 2.45) is 10.9 Å². The lowest BCUT2D eigenvalue weighted by Gasteiger charge is -2.34. The summed E-state index contributed by atoms with van der Waals surface area (Å²) >= 11 is 1.48. The molecule has 2 aromatic carbocycles. The van der Waals surface area contributed by atoms with E-state index in [1.807, 2.05) is 38.1 Å². The molecule has 0 saturated carbocycles. The van der Waals surface area contributed by atoms with Crippen LogP contribution in [0.4, 0.5) is 0 Å². The summed E-state index contributed by atoms with van der Waals surface area (Å²) in [6, 6.07) is 12.2. The Kier molecular flexibility index (Phi) is 18.0. The Morgan fingerprint density at radius 3 is 2.09 bits per heavy atom. The summed E-state index contributed by atoms with van der Waals surface area (Å²) < 4.78 is 17.7. The molecule has 290 valence electrons. The van der Waals surface area contributed by atoms with Gasteiger partial charge < -0.3 is 19.2 Å². The molecule has 1 aliphatic heterocycles. The highest BCUT2D eigenvalue weighted by Crippen LogP contribution is 2.46. The van der Waals surface area contributed by atoms with E-state index < -0.39 is 23.8 Å². The topological polar surface area (TPSA) is 103 Å². The molecule has 1 aliphatic rings. The van der Waals surface area contributed by atoms with Crippen LogP contribution in [-0.4, -0.2) is 53.2 Å². The van der Waals surface area contributed by atoms with E-state index in [0.717, 1.165) is 52.1 Å². The van der Waals surface area contributed by atoms with E-state index in [9.17, 15) is 9.59 Å². The fourth-order valence-electron chi connectivity index (χ4n) is 7.42. The number of nitrogens with zero attached hydrogens (tertiary/aromatic N) is 2. The molecule has 1 N–H and O–H groups in total. The van der Waals surface area contributed by atoms with Crippen molar-refractivity contribution in [3.63, 3.8) is 0 Å². The van der Waals surface area contributed by atoms with Gasteiger partial charge in [0.15, 0.2) is 5.16 Å². The zero-order valence-electron chi connectivity index (χ0n) is 33.2. The molecule has 9 heteroatoms. The zero-order valence-corrected chi connectivity index (χ0v) is 34.0. The Hall–Kier alpha value is -3.59. The second-order valence-corrected chi connectivity index (χ2v) is 15.1. The number of benzene rings is 2. The smallest absolute Gasteiger partial charge is 0.336 e. The van der Waals surface area contributed by atoms with Gasteiger partial charge >= 0.3 is 11.9 Å².